The molecule has 0 spiro atoms. The maximum atomic E-state index is 5.56. The zero-order valence-electron chi connectivity index (χ0n) is 9.57. The van der Waals surface area contributed by atoms with E-state index in [0.29, 0.717) is 26.1 Å². The molecule has 1 fully saturated rings. The topological polar surface area (TPSA) is 36.9 Å². The summed E-state index contributed by atoms with van der Waals surface area (Å²) in [6.07, 6.45) is 6.67. The van der Waals surface area contributed by atoms with E-state index in [1.54, 1.807) is 7.11 Å². The third-order valence-electron chi connectivity index (χ3n) is 2.54. The lowest BCUT2D eigenvalue weighted by Crippen LogP contribution is -2.19. The van der Waals surface area contributed by atoms with Crippen LogP contribution < -0.4 is 0 Å². The van der Waals surface area contributed by atoms with Crippen molar-refractivity contribution in [2.45, 2.75) is 38.2 Å². The van der Waals surface area contributed by atoms with Crippen LogP contribution in [0.25, 0.3) is 0 Å². The van der Waals surface area contributed by atoms with Gasteiger partial charge in [-0.15, -0.1) is 0 Å². The molecule has 0 amide bonds. The normalized spacial score (nSPS) is 18.2. The highest BCUT2D eigenvalue weighted by molar-refractivity contribution is 4.64. The quantitative estimate of drug-likeness (QED) is 0.461. The van der Waals surface area contributed by atoms with E-state index in [1.165, 1.54) is 32.1 Å². The van der Waals surface area contributed by atoms with Gasteiger partial charge in [-0.3, -0.25) is 0 Å². The molecule has 0 aromatic rings. The molecule has 15 heavy (non-hydrogen) atoms. The van der Waals surface area contributed by atoms with E-state index in [0.717, 1.165) is 0 Å². The van der Waals surface area contributed by atoms with Crippen molar-refractivity contribution in [3.63, 3.8) is 0 Å². The second kappa shape index (κ2) is 9.09. The standard InChI is InChI=1S/C11H22O4/c1-12-7-8-13-9-14-10-15-11-5-3-2-4-6-11/h11H,2-10H2,1H3. The fraction of sp³-hybridized carbons (Fsp3) is 1.00. The minimum atomic E-state index is 0.288. The molecule has 0 bridgehead atoms. The zero-order chi connectivity index (χ0) is 10.8. The molecule has 90 valence electrons. The van der Waals surface area contributed by atoms with Crippen LogP contribution >= 0.6 is 0 Å². The monoisotopic (exact) mass is 218 g/mol. The Labute approximate surface area is 91.8 Å². The smallest absolute Gasteiger partial charge is 0.149 e. The molecule has 1 aliphatic carbocycles. The molecule has 4 heteroatoms. The van der Waals surface area contributed by atoms with Crippen LogP contribution in [0.4, 0.5) is 0 Å². The molecule has 1 aliphatic rings. The predicted molar refractivity (Wildman–Crippen MR) is 56.6 cm³/mol. The summed E-state index contributed by atoms with van der Waals surface area (Å²) in [5.74, 6) is 0. The van der Waals surface area contributed by atoms with Crippen LogP contribution in [0.1, 0.15) is 32.1 Å². The summed E-state index contributed by atoms with van der Waals surface area (Å²) >= 11 is 0. The van der Waals surface area contributed by atoms with E-state index in [2.05, 4.69) is 0 Å². The predicted octanol–water partition coefficient (Wildman–Crippen LogP) is 1.93. The summed E-state index contributed by atoms with van der Waals surface area (Å²) < 4.78 is 20.7. The van der Waals surface area contributed by atoms with Crippen LogP contribution in [0.15, 0.2) is 0 Å². The van der Waals surface area contributed by atoms with Gasteiger partial charge in [0.25, 0.3) is 0 Å². The van der Waals surface area contributed by atoms with Crippen LogP contribution in [0.5, 0.6) is 0 Å². The first kappa shape index (κ1) is 12.9. The SMILES string of the molecule is COCCOCOCOC1CCCCC1. The Morgan fingerprint density at radius 3 is 2.47 bits per heavy atom. The molecule has 0 radical (unpaired) electrons. The molecule has 0 N–H and O–H groups in total. The van der Waals surface area contributed by atoms with Crippen molar-refractivity contribution in [3.8, 4) is 0 Å². The first-order valence-electron chi connectivity index (χ1n) is 5.69. The summed E-state index contributed by atoms with van der Waals surface area (Å²) in [6, 6.07) is 0. The molecular weight excluding hydrogens is 196 g/mol. The van der Waals surface area contributed by atoms with Crippen molar-refractivity contribution in [1.82, 2.24) is 0 Å². The first-order valence-corrected chi connectivity index (χ1v) is 5.69. The molecule has 1 saturated carbocycles. The average Bonchev–Trinajstić information content (AvgIpc) is 2.29. The Kier molecular flexibility index (Phi) is 7.83. The summed E-state index contributed by atoms with van der Waals surface area (Å²) in [5, 5.41) is 0. The average molecular weight is 218 g/mol. The Hall–Kier alpha value is -0.160. The lowest BCUT2D eigenvalue weighted by atomic mass is 9.98. The van der Waals surface area contributed by atoms with Crippen molar-refractivity contribution in [2.75, 3.05) is 33.9 Å². The largest absolute Gasteiger partial charge is 0.382 e. The summed E-state index contributed by atoms with van der Waals surface area (Å²) in [5.41, 5.74) is 0. The van der Waals surface area contributed by atoms with E-state index in [-0.39, 0.29) is 6.79 Å². The molecule has 0 atom stereocenters. The Bertz CT molecular complexity index is 135. The number of hydrogen-bond donors (Lipinski definition) is 0. The zero-order valence-corrected chi connectivity index (χ0v) is 9.57. The van der Waals surface area contributed by atoms with Crippen molar-refractivity contribution in [1.29, 1.82) is 0 Å². The van der Waals surface area contributed by atoms with Gasteiger partial charge in [-0.2, -0.15) is 0 Å². The van der Waals surface area contributed by atoms with Crippen molar-refractivity contribution in [3.05, 3.63) is 0 Å². The summed E-state index contributed by atoms with van der Waals surface area (Å²) in [4.78, 5) is 0. The maximum Gasteiger partial charge on any atom is 0.149 e. The van der Waals surface area contributed by atoms with Gasteiger partial charge in [0.15, 0.2) is 0 Å². The van der Waals surface area contributed by atoms with Crippen molar-refractivity contribution < 1.29 is 18.9 Å². The minimum Gasteiger partial charge on any atom is -0.382 e. The van der Waals surface area contributed by atoms with Crippen LogP contribution in [-0.4, -0.2) is 40.0 Å². The third-order valence-corrected chi connectivity index (χ3v) is 2.54. The van der Waals surface area contributed by atoms with Crippen molar-refractivity contribution in [2.24, 2.45) is 0 Å². The lowest BCUT2D eigenvalue weighted by molar-refractivity contribution is -0.156. The van der Waals surface area contributed by atoms with Gasteiger partial charge in [-0.1, -0.05) is 19.3 Å². The first-order chi connectivity index (χ1) is 7.43. The molecule has 0 unspecified atom stereocenters. The molecule has 0 saturated heterocycles. The highest BCUT2D eigenvalue weighted by atomic mass is 16.7. The molecule has 4 nitrogen and oxygen atoms in total. The Morgan fingerprint density at radius 2 is 1.73 bits per heavy atom. The highest BCUT2D eigenvalue weighted by Gasteiger charge is 2.12. The van der Waals surface area contributed by atoms with E-state index >= 15 is 0 Å². The molecule has 1 rings (SSSR count). The number of hydrogen-bond acceptors (Lipinski definition) is 4. The van der Waals surface area contributed by atoms with Crippen LogP contribution in [0, 0.1) is 0 Å². The van der Waals surface area contributed by atoms with Gasteiger partial charge >= 0.3 is 0 Å². The molecule has 0 aromatic carbocycles. The van der Waals surface area contributed by atoms with Crippen LogP contribution in [-0.2, 0) is 18.9 Å². The highest BCUT2D eigenvalue weighted by Crippen LogP contribution is 2.19. The fourth-order valence-corrected chi connectivity index (χ4v) is 1.67. The van der Waals surface area contributed by atoms with E-state index in [9.17, 15) is 0 Å². The lowest BCUT2D eigenvalue weighted by Gasteiger charge is -2.21. The van der Waals surface area contributed by atoms with E-state index in [1.807, 2.05) is 0 Å². The van der Waals surface area contributed by atoms with Gasteiger partial charge in [0.1, 0.15) is 13.6 Å². The number of methoxy groups -OCH3 is 1. The van der Waals surface area contributed by atoms with Crippen LogP contribution in [0.2, 0.25) is 0 Å². The number of ether oxygens (including phenoxy) is 4. The molecule has 0 aromatic heterocycles. The van der Waals surface area contributed by atoms with Gasteiger partial charge in [-0.25, -0.2) is 0 Å². The fourth-order valence-electron chi connectivity index (χ4n) is 1.67. The molecule has 0 heterocycles. The molecular formula is C11H22O4. The Morgan fingerprint density at radius 1 is 0.933 bits per heavy atom. The van der Waals surface area contributed by atoms with Gasteiger partial charge in [0.05, 0.1) is 19.3 Å². The Balaban J connectivity index is 1.79. The van der Waals surface area contributed by atoms with Gasteiger partial charge in [0, 0.05) is 7.11 Å². The maximum absolute atomic E-state index is 5.56. The molecule has 0 aliphatic heterocycles. The van der Waals surface area contributed by atoms with Crippen molar-refractivity contribution >= 4 is 0 Å². The minimum absolute atomic E-state index is 0.288. The third kappa shape index (κ3) is 6.84. The van der Waals surface area contributed by atoms with E-state index in [4.69, 9.17) is 18.9 Å². The van der Waals surface area contributed by atoms with Gasteiger partial charge < -0.3 is 18.9 Å². The number of rotatable bonds is 8. The second-order valence-corrected chi connectivity index (χ2v) is 3.77. The van der Waals surface area contributed by atoms with Gasteiger partial charge in [-0.05, 0) is 12.8 Å². The van der Waals surface area contributed by atoms with E-state index < -0.39 is 0 Å². The second-order valence-electron chi connectivity index (χ2n) is 3.77. The van der Waals surface area contributed by atoms with Gasteiger partial charge in [0.2, 0.25) is 0 Å². The van der Waals surface area contributed by atoms with Crippen LogP contribution in [0.3, 0.4) is 0 Å². The summed E-state index contributed by atoms with van der Waals surface area (Å²) in [6.45, 7) is 1.81. The summed E-state index contributed by atoms with van der Waals surface area (Å²) in [7, 11) is 1.65.